The van der Waals surface area contributed by atoms with E-state index in [2.05, 4.69) is 11.5 Å². The maximum atomic E-state index is 11.7. The smallest absolute Gasteiger partial charge is 0.339 e. The molecule has 1 aromatic heterocycles. The fourth-order valence-corrected chi connectivity index (χ4v) is 2.22. The topological polar surface area (TPSA) is 31.2 Å². The molecule has 0 aliphatic rings. The number of carbonyl (C=O) groups excluding carboxylic acids is 1. The molecule has 0 saturated heterocycles. The first kappa shape index (κ1) is 12.4. The summed E-state index contributed by atoms with van der Waals surface area (Å²) in [4.78, 5) is 11.7. The number of carbonyl (C=O) groups is 1. The van der Waals surface area contributed by atoms with Crippen molar-refractivity contribution in [1.82, 2.24) is 4.57 Å². The maximum absolute atomic E-state index is 11.7. The van der Waals surface area contributed by atoms with Crippen molar-refractivity contribution < 1.29 is 9.53 Å². The molecule has 18 heavy (non-hydrogen) atoms. The summed E-state index contributed by atoms with van der Waals surface area (Å²) in [5.74, 6) is -0.281. The van der Waals surface area contributed by atoms with Crippen LogP contribution in [0.2, 0.25) is 0 Å². The standard InChI is InChI=1S/C15H17NO2/c1-4-16-11(2)13(15(17)18-3)10-14(16)12-8-6-5-7-9-12/h5-10H,4H2,1-3H3. The summed E-state index contributed by atoms with van der Waals surface area (Å²) in [6.07, 6.45) is 0. The molecule has 0 aliphatic heterocycles. The van der Waals surface area contributed by atoms with Crippen LogP contribution in [0.1, 0.15) is 23.0 Å². The number of hydrogen-bond acceptors (Lipinski definition) is 2. The third kappa shape index (κ3) is 2.04. The zero-order chi connectivity index (χ0) is 13.1. The molecule has 0 fully saturated rings. The van der Waals surface area contributed by atoms with Gasteiger partial charge in [0.15, 0.2) is 0 Å². The summed E-state index contributed by atoms with van der Waals surface area (Å²) in [5, 5.41) is 0. The Morgan fingerprint density at radius 2 is 1.94 bits per heavy atom. The summed E-state index contributed by atoms with van der Waals surface area (Å²) in [7, 11) is 1.41. The minimum atomic E-state index is -0.281. The molecule has 3 nitrogen and oxygen atoms in total. The fourth-order valence-electron chi connectivity index (χ4n) is 2.22. The number of aromatic nitrogens is 1. The van der Waals surface area contributed by atoms with Crippen LogP contribution < -0.4 is 0 Å². The van der Waals surface area contributed by atoms with Crippen LogP contribution in [0.5, 0.6) is 0 Å². The molecule has 0 amide bonds. The summed E-state index contributed by atoms with van der Waals surface area (Å²) in [6, 6.07) is 12.0. The van der Waals surface area contributed by atoms with Gasteiger partial charge in [-0.2, -0.15) is 0 Å². The van der Waals surface area contributed by atoms with Crippen LogP contribution in [0.3, 0.4) is 0 Å². The van der Waals surface area contributed by atoms with E-state index in [1.165, 1.54) is 7.11 Å². The van der Waals surface area contributed by atoms with Crippen LogP contribution in [0.4, 0.5) is 0 Å². The van der Waals surface area contributed by atoms with Gasteiger partial charge in [0.05, 0.1) is 12.7 Å². The van der Waals surface area contributed by atoms with E-state index in [-0.39, 0.29) is 5.97 Å². The normalized spacial score (nSPS) is 10.4. The lowest BCUT2D eigenvalue weighted by atomic mass is 10.1. The zero-order valence-electron chi connectivity index (χ0n) is 10.9. The minimum Gasteiger partial charge on any atom is -0.465 e. The van der Waals surface area contributed by atoms with Crippen molar-refractivity contribution in [2.45, 2.75) is 20.4 Å². The van der Waals surface area contributed by atoms with Crippen molar-refractivity contribution in [3.05, 3.63) is 47.7 Å². The second-order valence-electron chi connectivity index (χ2n) is 4.13. The van der Waals surface area contributed by atoms with Gasteiger partial charge in [-0.1, -0.05) is 30.3 Å². The van der Waals surface area contributed by atoms with Crippen LogP contribution in [-0.4, -0.2) is 17.6 Å². The van der Waals surface area contributed by atoms with Gasteiger partial charge in [0.2, 0.25) is 0 Å². The number of hydrogen-bond donors (Lipinski definition) is 0. The first-order valence-electron chi connectivity index (χ1n) is 6.03. The highest BCUT2D eigenvalue weighted by Crippen LogP contribution is 2.26. The van der Waals surface area contributed by atoms with E-state index >= 15 is 0 Å². The van der Waals surface area contributed by atoms with Gasteiger partial charge in [-0.3, -0.25) is 0 Å². The molecule has 0 saturated carbocycles. The lowest BCUT2D eigenvalue weighted by Gasteiger charge is -2.08. The average molecular weight is 243 g/mol. The Kier molecular flexibility index (Phi) is 3.51. The second-order valence-corrected chi connectivity index (χ2v) is 4.13. The molecule has 2 aromatic rings. The first-order chi connectivity index (χ1) is 8.69. The number of methoxy groups -OCH3 is 1. The summed E-state index contributed by atoms with van der Waals surface area (Å²) >= 11 is 0. The minimum absolute atomic E-state index is 0.281. The van der Waals surface area contributed by atoms with Gasteiger partial charge in [0.25, 0.3) is 0 Å². The maximum Gasteiger partial charge on any atom is 0.339 e. The summed E-state index contributed by atoms with van der Waals surface area (Å²) in [6.45, 7) is 4.84. The van der Waals surface area contributed by atoms with Crippen LogP contribution in [-0.2, 0) is 11.3 Å². The second kappa shape index (κ2) is 5.08. The molecule has 0 unspecified atom stereocenters. The Balaban J connectivity index is 2.58. The molecule has 0 spiro atoms. The lowest BCUT2D eigenvalue weighted by Crippen LogP contribution is -2.04. The Hall–Kier alpha value is -2.03. The molecule has 1 heterocycles. The van der Waals surface area contributed by atoms with E-state index in [0.717, 1.165) is 23.5 Å². The quantitative estimate of drug-likeness (QED) is 0.775. The third-order valence-corrected chi connectivity index (χ3v) is 3.16. The summed E-state index contributed by atoms with van der Waals surface area (Å²) in [5.41, 5.74) is 3.75. The highest BCUT2D eigenvalue weighted by molar-refractivity contribution is 5.92. The van der Waals surface area contributed by atoms with Gasteiger partial charge in [0.1, 0.15) is 0 Å². The van der Waals surface area contributed by atoms with Crippen LogP contribution in [0, 0.1) is 6.92 Å². The molecular formula is C15H17NO2. The molecule has 1 aromatic carbocycles. The van der Waals surface area contributed by atoms with E-state index in [1.807, 2.05) is 43.3 Å². The highest BCUT2D eigenvalue weighted by atomic mass is 16.5. The number of rotatable bonds is 3. The van der Waals surface area contributed by atoms with Gasteiger partial charge in [-0.25, -0.2) is 4.79 Å². The number of benzene rings is 1. The van der Waals surface area contributed by atoms with E-state index in [4.69, 9.17) is 4.74 Å². The van der Waals surface area contributed by atoms with E-state index < -0.39 is 0 Å². The largest absolute Gasteiger partial charge is 0.465 e. The molecule has 0 bridgehead atoms. The van der Waals surface area contributed by atoms with Crippen molar-refractivity contribution in [3.8, 4) is 11.3 Å². The van der Waals surface area contributed by atoms with Crippen LogP contribution >= 0.6 is 0 Å². The van der Waals surface area contributed by atoms with Crippen LogP contribution in [0.25, 0.3) is 11.3 Å². The fraction of sp³-hybridized carbons (Fsp3) is 0.267. The molecule has 94 valence electrons. The average Bonchev–Trinajstić information content (AvgIpc) is 2.76. The predicted octanol–water partition coefficient (Wildman–Crippen LogP) is 3.27. The van der Waals surface area contributed by atoms with E-state index in [1.54, 1.807) is 0 Å². The molecule has 0 aliphatic carbocycles. The van der Waals surface area contributed by atoms with E-state index in [0.29, 0.717) is 5.56 Å². The van der Waals surface area contributed by atoms with Gasteiger partial charge in [-0.05, 0) is 25.5 Å². The number of nitrogens with zero attached hydrogens (tertiary/aromatic N) is 1. The van der Waals surface area contributed by atoms with Crippen molar-refractivity contribution in [1.29, 1.82) is 0 Å². The summed E-state index contributed by atoms with van der Waals surface area (Å²) < 4.78 is 6.94. The zero-order valence-corrected chi connectivity index (χ0v) is 10.9. The van der Waals surface area contributed by atoms with Gasteiger partial charge in [0, 0.05) is 17.9 Å². The van der Waals surface area contributed by atoms with Crippen molar-refractivity contribution in [2.24, 2.45) is 0 Å². The highest BCUT2D eigenvalue weighted by Gasteiger charge is 2.17. The van der Waals surface area contributed by atoms with E-state index in [9.17, 15) is 4.79 Å². The van der Waals surface area contributed by atoms with Gasteiger partial charge in [-0.15, -0.1) is 0 Å². The first-order valence-corrected chi connectivity index (χ1v) is 6.03. The number of ether oxygens (including phenoxy) is 1. The molecule has 0 atom stereocenters. The Morgan fingerprint density at radius 1 is 1.28 bits per heavy atom. The number of esters is 1. The van der Waals surface area contributed by atoms with Crippen molar-refractivity contribution in [2.75, 3.05) is 7.11 Å². The monoisotopic (exact) mass is 243 g/mol. The van der Waals surface area contributed by atoms with Crippen molar-refractivity contribution >= 4 is 5.97 Å². The Bertz CT molecular complexity index is 555. The Morgan fingerprint density at radius 3 is 2.50 bits per heavy atom. The Labute approximate surface area is 107 Å². The molecule has 2 rings (SSSR count). The molecular weight excluding hydrogens is 226 g/mol. The SMILES string of the molecule is CCn1c(-c2ccccc2)cc(C(=O)OC)c1C. The lowest BCUT2D eigenvalue weighted by molar-refractivity contribution is 0.0600. The van der Waals surface area contributed by atoms with Crippen LogP contribution in [0.15, 0.2) is 36.4 Å². The van der Waals surface area contributed by atoms with Gasteiger partial charge < -0.3 is 9.30 Å². The van der Waals surface area contributed by atoms with Gasteiger partial charge >= 0.3 is 5.97 Å². The molecule has 3 heteroatoms. The molecule has 0 radical (unpaired) electrons. The molecule has 0 N–H and O–H groups in total. The van der Waals surface area contributed by atoms with Crippen molar-refractivity contribution in [3.63, 3.8) is 0 Å². The third-order valence-electron chi connectivity index (χ3n) is 3.16. The predicted molar refractivity (Wildman–Crippen MR) is 71.6 cm³/mol.